The number of carboxylic acid groups (broad SMARTS) is 1. The summed E-state index contributed by atoms with van der Waals surface area (Å²) in [5.74, 6) is -1.06. The number of aliphatic carboxylic acids is 1. The van der Waals surface area contributed by atoms with Gasteiger partial charge in [-0.3, -0.25) is 4.79 Å². The zero-order valence-corrected chi connectivity index (χ0v) is 20.0. The van der Waals surface area contributed by atoms with Crippen LogP contribution < -0.4 is 0 Å². The van der Waals surface area contributed by atoms with Crippen LogP contribution in [0.25, 0.3) is 0 Å². The van der Waals surface area contributed by atoms with Gasteiger partial charge in [0.15, 0.2) is 0 Å². The number of thiol groups is 10. The molecule has 0 bridgehead atoms. The minimum Gasteiger partial charge on any atom is -0.480 e. The lowest BCUT2D eigenvalue weighted by atomic mass is 10.0. The average molecular weight is 493 g/mol. The van der Waals surface area contributed by atoms with Crippen molar-refractivity contribution in [3.05, 3.63) is 0 Å². The highest BCUT2D eigenvalue weighted by molar-refractivity contribution is 8.01. The van der Waals surface area contributed by atoms with Crippen molar-refractivity contribution in [1.29, 1.82) is 0 Å². The lowest BCUT2D eigenvalue weighted by molar-refractivity contribution is -0.136. The molecular formula is C10H20O2S10. The van der Waals surface area contributed by atoms with Crippen molar-refractivity contribution >= 4 is 132 Å². The molecule has 2 nitrogen and oxygen atoms in total. The molecule has 0 aromatic rings. The zero-order chi connectivity index (χ0) is 17.8. The van der Waals surface area contributed by atoms with E-state index in [0.29, 0.717) is 0 Å². The van der Waals surface area contributed by atoms with Crippen molar-refractivity contribution in [1.82, 2.24) is 0 Å². The summed E-state index contributed by atoms with van der Waals surface area (Å²) in [5, 5.41) is 5.55. The molecule has 0 spiro atoms. The van der Waals surface area contributed by atoms with Gasteiger partial charge in [0.1, 0.15) is 5.25 Å². The molecule has 0 saturated heterocycles. The lowest BCUT2D eigenvalue weighted by Crippen LogP contribution is -2.46. The van der Waals surface area contributed by atoms with E-state index in [2.05, 4.69) is 126 Å². The largest absolute Gasteiger partial charge is 0.480 e. The first-order chi connectivity index (χ1) is 9.93. The monoisotopic (exact) mass is 492 g/mol. The molecule has 0 fully saturated rings. The molecule has 8 atom stereocenters. The summed E-state index contributed by atoms with van der Waals surface area (Å²) in [5.41, 5.74) is 0. The fourth-order valence-corrected chi connectivity index (χ4v) is 5.49. The van der Waals surface area contributed by atoms with Crippen LogP contribution in [0, 0.1) is 0 Å². The maximum Gasteiger partial charge on any atom is 0.317 e. The van der Waals surface area contributed by atoms with E-state index in [1.165, 1.54) is 0 Å². The van der Waals surface area contributed by atoms with Gasteiger partial charge < -0.3 is 5.11 Å². The van der Waals surface area contributed by atoms with Gasteiger partial charge in [-0.1, -0.05) is 0 Å². The molecule has 0 amide bonds. The Morgan fingerprint density at radius 1 is 0.545 bits per heavy atom. The summed E-state index contributed by atoms with van der Waals surface area (Å²) >= 11 is 43.7. The number of hydrogen-bond donors (Lipinski definition) is 11. The first kappa shape index (κ1) is 25.0. The van der Waals surface area contributed by atoms with E-state index in [0.717, 1.165) is 0 Å². The molecule has 22 heavy (non-hydrogen) atoms. The van der Waals surface area contributed by atoms with E-state index in [1.54, 1.807) is 0 Å². The van der Waals surface area contributed by atoms with Crippen LogP contribution in [0.2, 0.25) is 0 Å². The molecule has 0 rings (SSSR count). The maximum absolute atomic E-state index is 11.0. The zero-order valence-electron chi connectivity index (χ0n) is 11.0. The van der Waals surface area contributed by atoms with Crippen molar-refractivity contribution < 1.29 is 9.90 Å². The van der Waals surface area contributed by atoms with Crippen molar-refractivity contribution in [3.8, 4) is 0 Å². The van der Waals surface area contributed by atoms with Gasteiger partial charge in [0.25, 0.3) is 0 Å². The Balaban J connectivity index is 4.89. The van der Waals surface area contributed by atoms with Gasteiger partial charge in [-0.25, -0.2) is 0 Å². The van der Waals surface area contributed by atoms with Gasteiger partial charge in [0.05, 0.1) is 4.58 Å². The topological polar surface area (TPSA) is 37.3 Å². The Bertz CT molecular complexity index is 357. The fourth-order valence-electron chi connectivity index (χ4n) is 1.52. The first-order valence-electron chi connectivity index (χ1n) is 5.97. The van der Waals surface area contributed by atoms with Gasteiger partial charge in [-0.15, -0.1) is 0 Å². The van der Waals surface area contributed by atoms with Crippen LogP contribution in [0.3, 0.4) is 0 Å². The molecular weight excluding hydrogens is 473 g/mol. The molecule has 12 heteroatoms. The number of hydrogen-bond acceptors (Lipinski definition) is 11. The molecule has 0 aliphatic rings. The van der Waals surface area contributed by atoms with E-state index in [9.17, 15) is 4.79 Å². The highest BCUT2D eigenvalue weighted by atomic mass is 32.2. The SMILES string of the molecule is O=C(O)C(S)C(S)C(S)C(S)C(S)C(S)C(S)C(S)C(S)S. The van der Waals surface area contributed by atoms with Crippen molar-refractivity contribution in [2.24, 2.45) is 0 Å². The quantitative estimate of drug-likeness (QED) is 0.181. The minimum atomic E-state index is -1.06. The van der Waals surface area contributed by atoms with Crippen molar-refractivity contribution in [2.45, 2.75) is 46.6 Å². The highest BCUT2D eigenvalue weighted by Crippen LogP contribution is 2.34. The molecule has 1 N–H and O–H groups in total. The normalized spacial score (nSPS) is 23.2. The molecule has 132 valence electrons. The maximum atomic E-state index is 11.0. The summed E-state index contributed by atoms with van der Waals surface area (Å²) in [7, 11) is 0. The Kier molecular flexibility index (Phi) is 13.2. The van der Waals surface area contributed by atoms with Gasteiger partial charge in [0.2, 0.25) is 0 Å². The summed E-state index contributed by atoms with van der Waals surface area (Å²) in [6, 6.07) is 0. The predicted octanol–water partition coefficient (Wildman–Crippen LogP) is 2.64. The smallest absolute Gasteiger partial charge is 0.317 e. The van der Waals surface area contributed by atoms with Crippen LogP contribution in [-0.4, -0.2) is 57.7 Å². The molecule has 8 unspecified atom stereocenters. The van der Waals surface area contributed by atoms with E-state index in [1.807, 2.05) is 0 Å². The Hall–Kier alpha value is 2.97. The highest BCUT2D eigenvalue weighted by Gasteiger charge is 2.38. The molecule has 0 aliphatic carbocycles. The number of carbonyl (C=O) groups is 1. The minimum absolute atomic E-state index is 0.213. The van der Waals surface area contributed by atoms with Crippen LogP contribution in [0.5, 0.6) is 0 Å². The predicted molar refractivity (Wildman–Crippen MR) is 132 cm³/mol. The van der Waals surface area contributed by atoms with Crippen LogP contribution in [0.15, 0.2) is 0 Å². The molecule has 0 saturated carbocycles. The second-order valence-electron chi connectivity index (χ2n) is 4.63. The van der Waals surface area contributed by atoms with Crippen LogP contribution >= 0.6 is 126 Å². The molecule has 0 heterocycles. The van der Waals surface area contributed by atoms with Crippen molar-refractivity contribution in [3.63, 3.8) is 0 Å². The fraction of sp³-hybridized carbons (Fsp3) is 0.900. The molecule has 0 aromatic carbocycles. The van der Waals surface area contributed by atoms with Gasteiger partial charge in [0, 0.05) is 36.7 Å². The van der Waals surface area contributed by atoms with E-state index in [4.69, 9.17) is 5.11 Å². The third-order valence-electron chi connectivity index (χ3n) is 2.98. The van der Waals surface area contributed by atoms with Crippen LogP contribution in [0.1, 0.15) is 0 Å². The first-order valence-corrected chi connectivity index (χ1v) is 11.1. The summed E-state index contributed by atoms with van der Waals surface area (Å²) in [6.45, 7) is 0. The van der Waals surface area contributed by atoms with E-state index < -0.39 is 21.7 Å². The van der Waals surface area contributed by atoms with E-state index >= 15 is 0 Å². The number of carboxylic acids is 1. The van der Waals surface area contributed by atoms with Crippen molar-refractivity contribution in [2.75, 3.05) is 0 Å². The third-order valence-corrected chi connectivity index (χ3v) is 10.7. The molecule has 0 aromatic heterocycles. The van der Waals surface area contributed by atoms with Crippen LogP contribution in [-0.2, 0) is 4.79 Å². The Morgan fingerprint density at radius 3 is 1.09 bits per heavy atom. The molecule has 0 radical (unpaired) electrons. The molecule has 0 aliphatic heterocycles. The van der Waals surface area contributed by atoms with E-state index in [-0.39, 0.29) is 30.8 Å². The average Bonchev–Trinajstić information content (AvgIpc) is 2.48. The summed E-state index contributed by atoms with van der Waals surface area (Å²) in [4.78, 5) is 11.0. The summed E-state index contributed by atoms with van der Waals surface area (Å²) in [6.07, 6.45) is 0. The standard InChI is InChI=1S/C10H20O2S10/c11-9(12)7(19)5(17)3(15)1(13)2(14)4(16)6(18)8(20)10(21)22/h1-8,10,13-22H,(H,11,12). The Labute approximate surface area is 187 Å². The van der Waals surface area contributed by atoms with Gasteiger partial charge in [-0.2, -0.15) is 126 Å². The second kappa shape index (κ2) is 11.6. The van der Waals surface area contributed by atoms with Gasteiger partial charge >= 0.3 is 5.97 Å². The van der Waals surface area contributed by atoms with Crippen LogP contribution in [0.4, 0.5) is 0 Å². The lowest BCUT2D eigenvalue weighted by Gasteiger charge is -2.35. The van der Waals surface area contributed by atoms with Gasteiger partial charge in [-0.05, 0) is 0 Å². The second-order valence-corrected chi connectivity index (χ2v) is 10.9. The number of rotatable bonds is 9. The third kappa shape index (κ3) is 7.30. The summed E-state index contributed by atoms with van der Waals surface area (Å²) < 4.78 is -0.266. The Morgan fingerprint density at radius 2 is 0.818 bits per heavy atom.